The van der Waals surface area contributed by atoms with E-state index in [4.69, 9.17) is 22.9 Å². The second-order valence-electron chi connectivity index (χ2n) is 21.3. The second kappa shape index (κ2) is 38.7. The maximum Gasteiger partial charge on any atom is 0.327 e. The number of rotatable bonds is 40. The van der Waals surface area contributed by atoms with Gasteiger partial charge >= 0.3 is 17.9 Å². The standard InChI is InChI=1S/C53H83N15O19S2/c1-25(2)20-34(64-43(77)29(54)23-88)47(81)63-33(12-15-38(55)71)51(85)68-19-5-7-37(68)49(83)62-32(14-17-41(75)76)46(80)67-42(26(3)69)50(84)59-22-39(72)60-31(13-16-40(73)74)45(79)65-35(21-27-8-10-28(70)11-9-27)48(82)61-30(6-4-18-58-53(56)57)44(78)66-36(24-89)52(86)87/h8-11,25-26,29-37,42,69-70,88-89H,4-7,12-24,54H2,1-3H3,(H2,55,71)(H,59,84)(H,60,72)(H,61,82)(H,62,83)(H,63,81)(H,64,77)(H,65,79)(H,66,78)(H,67,80)(H,73,74)(H,75,76)(H,86,87)(H4,56,57,58)/t26-,29+,30+,31+,32+,33+,34+,35+,36+,37+,42+/m1/s1. The molecule has 0 spiro atoms. The molecule has 34 nitrogen and oxygen atoms in total. The summed E-state index contributed by atoms with van der Waals surface area (Å²) in [6.07, 6.45) is -5.38. The van der Waals surface area contributed by atoms with Crippen molar-refractivity contribution in [2.75, 3.05) is 31.1 Å². The van der Waals surface area contributed by atoms with E-state index in [1.165, 1.54) is 24.3 Å². The van der Waals surface area contributed by atoms with Gasteiger partial charge in [0, 0.05) is 50.3 Å². The molecular formula is C53H83N15O19S2. The number of carbonyl (C=O) groups excluding carboxylic acids is 11. The van der Waals surface area contributed by atoms with E-state index in [9.17, 15) is 92.7 Å². The predicted octanol–water partition coefficient (Wildman–Crippen LogP) is -6.33. The highest BCUT2D eigenvalue weighted by Gasteiger charge is 2.41. The number of aliphatic hydroxyl groups excluding tert-OH is 1. The van der Waals surface area contributed by atoms with Gasteiger partial charge in [-0.3, -0.25) is 67.3 Å². The Bertz CT molecular complexity index is 2700. The van der Waals surface area contributed by atoms with Crippen LogP contribution in [0.15, 0.2) is 29.3 Å². The van der Waals surface area contributed by atoms with Gasteiger partial charge in [0.2, 0.25) is 65.0 Å². The van der Waals surface area contributed by atoms with Crippen molar-refractivity contribution >= 4 is 114 Å². The topological polar surface area (TPSA) is 568 Å². The lowest BCUT2D eigenvalue weighted by Crippen LogP contribution is -2.60. The van der Waals surface area contributed by atoms with Crippen molar-refractivity contribution in [2.24, 2.45) is 33.8 Å². The van der Waals surface area contributed by atoms with E-state index >= 15 is 0 Å². The van der Waals surface area contributed by atoms with Crippen molar-refractivity contribution < 1.29 is 92.7 Å². The fraction of sp³-hybridized carbons (Fsp3) is 0.604. The molecule has 0 bridgehead atoms. The van der Waals surface area contributed by atoms with Crippen LogP contribution < -0.4 is 70.8 Å². The minimum atomic E-state index is -1.94. The molecule has 2 rings (SSSR count). The summed E-state index contributed by atoms with van der Waals surface area (Å²) in [6, 6.07) is -9.87. The lowest BCUT2D eigenvalue weighted by Gasteiger charge is -2.31. The first kappa shape index (κ1) is 76.6. The largest absolute Gasteiger partial charge is 0.508 e. The van der Waals surface area contributed by atoms with Crippen molar-refractivity contribution in [1.29, 1.82) is 0 Å². The number of nitrogens with zero attached hydrogens (tertiary/aromatic N) is 2. The monoisotopic (exact) mass is 1300 g/mol. The van der Waals surface area contributed by atoms with Crippen LogP contribution in [0, 0.1) is 5.92 Å². The summed E-state index contributed by atoms with van der Waals surface area (Å²) in [5.41, 5.74) is 22.3. The van der Waals surface area contributed by atoms with E-state index in [0.29, 0.717) is 5.56 Å². The lowest BCUT2D eigenvalue weighted by atomic mass is 10.0. The normalized spacial score (nSPS) is 16.1. The highest BCUT2D eigenvalue weighted by atomic mass is 32.1. The number of carbonyl (C=O) groups is 14. The molecule has 0 aromatic heterocycles. The molecule has 496 valence electrons. The van der Waals surface area contributed by atoms with E-state index < -0.39 is 188 Å². The van der Waals surface area contributed by atoms with Crippen molar-refractivity contribution in [3.63, 3.8) is 0 Å². The van der Waals surface area contributed by atoms with E-state index in [-0.39, 0.29) is 87.2 Å². The van der Waals surface area contributed by atoms with E-state index in [2.05, 4.69) is 78.1 Å². The second-order valence-corrected chi connectivity index (χ2v) is 22.0. The van der Waals surface area contributed by atoms with Gasteiger partial charge in [-0.05, 0) is 81.9 Å². The molecule has 11 atom stereocenters. The fourth-order valence-corrected chi connectivity index (χ4v) is 9.17. The number of aliphatic hydroxyl groups is 1. The van der Waals surface area contributed by atoms with Crippen LogP contribution in [0.2, 0.25) is 0 Å². The van der Waals surface area contributed by atoms with Crippen LogP contribution in [0.1, 0.15) is 97.0 Å². The van der Waals surface area contributed by atoms with Gasteiger partial charge in [-0.25, -0.2) is 4.79 Å². The van der Waals surface area contributed by atoms with Gasteiger partial charge in [0.15, 0.2) is 5.96 Å². The number of nitrogens with two attached hydrogens (primary N) is 4. The number of likely N-dealkylation sites (tertiary alicyclic amines) is 1. The summed E-state index contributed by atoms with van der Waals surface area (Å²) < 4.78 is 0. The Hall–Kier alpha value is -8.51. The maximum absolute atomic E-state index is 14.2. The van der Waals surface area contributed by atoms with Crippen LogP contribution in [-0.2, 0) is 73.5 Å². The average molecular weight is 1300 g/mol. The molecule has 1 saturated heterocycles. The molecule has 0 aliphatic carbocycles. The Kier molecular flexibility index (Phi) is 33.3. The summed E-state index contributed by atoms with van der Waals surface area (Å²) >= 11 is 7.96. The van der Waals surface area contributed by atoms with Crippen molar-refractivity contribution in [1.82, 2.24) is 52.8 Å². The Morgan fingerprint density at radius 1 is 0.618 bits per heavy atom. The number of primary amides is 1. The summed E-state index contributed by atoms with van der Waals surface area (Å²) in [7, 11) is 0. The number of carboxylic acids is 3. The number of nitrogens with one attached hydrogen (secondary N) is 9. The SMILES string of the molecule is CC(C)C[C@H](NC(=O)[C@@H](N)CS)C(=O)N[C@@H](CCC(N)=O)C(=O)N1CCC[C@H]1C(=O)N[C@@H](CCC(=O)O)C(=O)N[C@H](C(=O)NCC(=O)N[C@@H](CCC(=O)O)C(=O)N[C@@H](Cc1ccc(O)cc1)C(=O)N[C@@H](CCCN=C(N)N)C(=O)N[C@@H](CS)C(=O)O)[C@@H](C)O. The number of hydrogen-bond acceptors (Lipinski definition) is 20. The Morgan fingerprint density at radius 3 is 1.65 bits per heavy atom. The minimum Gasteiger partial charge on any atom is -0.508 e. The molecule has 1 aliphatic heterocycles. The van der Waals surface area contributed by atoms with Crippen LogP contribution in [-0.4, -0.2) is 217 Å². The van der Waals surface area contributed by atoms with Crippen LogP contribution in [0.4, 0.5) is 0 Å². The molecular weight excluding hydrogens is 1210 g/mol. The number of benzene rings is 1. The van der Waals surface area contributed by atoms with Crippen molar-refractivity contribution in [3.05, 3.63) is 29.8 Å². The molecule has 1 aromatic carbocycles. The number of aromatic hydroxyl groups is 1. The van der Waals surface area contributed by atoms with E-state index in [0.717, 1.165) is 11.8 Å². The number of aliphatic imine (C=N–C) groups is 1. The molecule has 0 unspecified atom stereocenters. The number of amides is 11. The quantitative estimate of drug-likeness (QED) is 0.0126. The Balaban J connectivity index is 2.37. The summed E-state index contributed by atoms with van der Waals surface area (Å²) in [5.74, 6) is -16.3. The fourth-order valence-electron chi connectivity index (χ4n) is 8.76. The molecule has 11 amide bonds. The first-order chi connectivity index (χ1) is 41.8. The first-order valence-electron chi connectivity index (χ1n) is 28.2. The predicted molar refractivity (Wildman–Crippen MR) is 322 cm³/mol. The molecule has 1 aromatic rings. The van der Waals surface area contributed by atoms with Crippen molar-refractivity contribution in [3.8, 4) is 5.75 Å². The smallest absolute Gasteiger partial charge is 0.327 e. The highest BCUT2D eigenvalue weighted by molar-refractivity contribution is 7.80. The third-order valence-electron chi connectivity index (χ3n) is 13.5. The van der Waals surface area contributed by atoms with Crippen LogP contribution in [0.3, 0.4) is 0 Å². The number of aliphatic carboxylic acids is 3. The van der Waals surface area contributed by atoms with Crippen LogP contribution in [0.25, 0.3) is 0 Å². The third kappa shape index (κ3) is 28.0. The van der Waals surface area contributed by atoms with Gasteiger partial charge in [0.05, 0.1) is 18.7 Å². The molecule has 89 heavy (non-hydrogen) atoms. The molecule has 1 heterocycles. The van der Waals surface area contributed by atoms with Crippen molar-refractivity contribution in [2.45, 2.75) is 164 Å². The average Bonchev–Trinajstić information content (AvgIpc) is 2.05. The van der Waals surface area contributed by atoms with Gasteiger partial charge in [0.25, 0.3) is 0 Å². The number of phenols is 1. The molecule has 36 heteroatoms. The Labute approximate surface area is 522 Å². The number of phenolic OH excluding ortho intramolecular Hbond substituents is 1. The number of carboxylic acid groups (broad SMARTS) is 3. The zero-order valence-corrected chi connectivity index (χ0v) is 51.1. The van der Waals surface area contributed by atoms with E-state index in [1.54, 1.807) is 13.8 Å². The van der Waals surface area contributed by atoms with Gasteiger partial charge < -0.3 is 101 Å². The summed E-state index contributed by atoms with van der Waals surface area (Å²) in [4.78, 5) is 189. The Morgan fingerprint density at radius 2 is 1.12 bits per heavy atom. The summed E-state index contributed by atoms with van der Waals surface area (Å²) in [6.45, 7) is 3.47. The number of guanidine groups is 1. The molecule has 1 aliphatic rings. The first-order valence-corrected chi connectivity index (χ1v) is 29.5. The number of hydrogen-bond donors (Lipinski definition) is 20. The number of thiol groups is 2. The van der Waals surface area contributed by atoms with Gasteiger partial charge in [-0.2, -0.15) is 25.3 Å². The highest BCUT2D eigenvalue weighted by Crippen LogP contribution is 2.21. The maximum atomic E-state index is 14.2. The zero-order valence-electron chi connectivity index (χ0n) is 49.3. The minimum absolute atomic E-state index is 0.0104. The lowest BCUT2D eigenvalue weighted by molar-refractivity contribution is -0.143. The molecule has 0 saturated carbocycles. The summed E-state index contributed by atoms with van der Waals surface area (Å²) in [5, 5.41) is 70.5. The third-order valence-corrected chi connectivity index (χ3v) is 14.2. The van der Waals surface area contributed by atoms with Gasteiger partial charge in [-0.1, -0.05) is 26.0 Å². The van der Waals surface area contributed by atoms with Crippen LogP contribution >= 0.6 is 25.3 Å². The van der Waals surface area contributed by atoms with E-state index in [1.807, 2.05) is 0 Å². The van der Waals surface area contributed by atoms with Crippen LogP contribution in [0.5, 0.6) is 5.75 Å². The molecule has 0 radical (unpaired) electrons. The zero-order chi connectivity index (χ0) is 67.2. The molecule has 1 fully saturated rings. The molecule has 22 N–H and O–H groups in total. The van der Waals surface area contributed by atoms with Gasteiger partial charge in [0.1, 0.15) is 60.1 Å². The van der Waals surface area contributed by atoms with Gasteiger partial charge in [-0.15, -0.1) is 0 Å².